The van der Waals surface area contributed by atoms with Crippen molar-refractivity contribution in [2.75, 3.05) is 0 Å². The lowest BCUT2D eigenvalue weighted by molar-refractivity contribution is -0.137. The molecule has 5 heteroatoms. The van der Waals surface area contributed by atoms with Crippen LogP contribution in [-0.4, -0.2) is 5.91 Å². The molecule has 0 bridgehead atoms. The highest BCUT2D eigenvalue weighted by atomic mass is 19.4. The Morgan fingerprint density at radius 3 is 2.47 bits per heavy atom. The summed E-state index contributed by atoms with van der Waals surface area (Å²) in [5.74, 6) is -0.690. The summed E-state index contributed by atoms with van der Waals surface area (Å²) in [6.45, 7) is 1.93. The number of halogens is 3. The average molecular weight is 245 g/mol. The minimum Gasteiger partial charge on any atom is -0.366 e. The van der Waals surface area contributed by atoms with E-state index in [0.29, 0.717) is 12.0 Å². The first-order chi connectivity index (χ1) is 7.86. The van der Waals surface area contributed by atoms with Gasteiger partial charge in [0.05, 0.1) is 5.56 Å². The minimum atomic E-state index is -4.39. The lowest BCUT2D eigenvalue weighted by Crippen LogP contribution is -2.15. The standard InChI is InChI=1S/C12H14F3NO/c1-2-3-4-8-7-9(12(13,14)15)5-6-10(8)11(16)17/h5-7H,2-4H2,1H3,(H2,16,17). The van der Waals surface area contributed by atoms with E-state index in [-0.39, 0.29) is 5.56 Å². The van der Waals surface area contributed by atoms with Crippen LogP contribution in [0, 0.1) is 0 Å². The number of carbonyl (C=O) groups excluding carboxylic acids is 1. The molecule has 0 fully saturated rings. The van der Waals surface area contributed by atoms with Gasteiger partial charge >= 0.3 is 6.18 Å². The van der Waals surface area contributed by atoms with Gasteiger partial charge in [-0.15, -0.1) is 0 Å². The first-order valence-electron chi connectivity index (χ1n) is 5.36. The molecule has 1 rings (SSSR count). The number of unbranched alkanes of at least 4 members (excludes halogenated alkanes) is 1. The second kappa shape index (κ2) is 5.21. The molecule has 0 spiro atoms. The molecule has 0 saturated heterocycles. The van der Waals surface area contributed by atoms with Gasteiger partial charge in [0.2, 0.25) is 5.91 Å². The van der Waals surface area contributed by atoms with Crippen LogP contribution in [-0.2, 0) is 12.6 Å². The molecule has 0 atom stereocenters. The van der Waals surface area contributed by atoms with Gasteiger partial charge in [-0.25, -0.2) is 0 Å². The number of amides is 1. The van der Waals surface area contributed by atoms with Crippen molar-refractivity contribution in [1.29, 1.82) is 0 Å². The van der Waals surface area contributed by atoms with Crippen LogP contribution in [0.15, 0.2) is 18.2 Å². The Hall–Kier alpha value is -1.52. The number of rotatable bonds is 4. The van der Waals surface area contributed by atoms with Crippen molar-refractivity contribution < 1.29 is 18.0 Å². The van der Waals surface area contributed by atoms with Crippen LogP contribution >= 0.6 is 0 Å². The number of hydrogen-bond acceptors (Lipinski definition) is 1. The Morgan fingerprint density at radius 2 is 2.00 bits per heavy atom. The highest BCUT2D eigenvalue weighted by Gasteiger charge is 2.31. The van der Waals surface area contributed by atoms with Gasteiger partial charge in [0.25, 0.3) is 0 Å². The van der Waals surface area contributed by atoms with Gasteiger partial charge in [-0.05, 0) is 36.6 Å². The predicted octanol–water partition coefficient (Wildman–Crippen LogP) is 3.15. The van der Waals surface area contributed by atoms with E-state index in [1.165, 1.54) is 0 Å². The smallest absolute Gasteiger partial charge is 0.366 e. The van der Waals surface area contributed by atoms with Gasteiger partial charge < -0.3 is 5.73 Å². The Bertz CT molecular complexity index is 413. The molecule has 1 aromatic rings. The van der Waals surface area contributed by atoms with Gasteiger partial charge in [-0.1, -0.05) is 13.3 Å². The number of nitrogens with two attached hydrogens (primary N) is 1. The lowest BCUT2D eigenvalue weighted by Gasteiger charge is -2.11. The summed E-state index contributed by atoms with van der Waals surface area (Å²) < 4.78 is 37.5. The summed E-state index contributed by atoms with van der Waals surface area (Å²) in [6.07, 6.45) is -2.40. The van der Waals surface area contributed by atoms with E-state index < -0.39 is 17.6 Å². The highest BCUT2D eigenvalue weighted by molar-refractivity contribution is 5.94. The molecule has 0 aliphatic rings. The molecule has 1 amide bonds. The molecule has 0 aliphatic carbocycles. The number of alkyl halides is 3. The van der Waals surface area contributed by atoms with Crippen LogP contribution in [0.2, 0.25) is 0 Å². The van der Waals surface area contributed by atoms with Crippen molar-refractivity contribution >= 4 is 5.91 Å². The second-order valence-electron chi connectivity index (χ2n) is 3.84. The van der Waals surface area contributed by atoms with E-state index in [2.05, 4.69) is 0 Å². The maximum atomic E-state index is 12.5. The van der Waals surface area contributed by atoms with E-state index in [4.69, 9.17) is 5.73 Å². The van der Waals surface area contributed by atoms with Gasteiger partial charge in [-0.3, -0.25) is 4.79 Å². The van der Waals surface area contributed by atoms with E-state index >= 15 is 0 Å². The quantitative estimate of drug-likeness (QED) is 0.870. The first kappa shape index (κ1) is 13.5. The molecular weight excluding hydrogens is 231 g/mol. The van der Waals surface area contributed by atoms with Crippen molar-refractivity contribution in [3.63, 3.8) is 0 Å². The number of carbonyl (C=O) groups is 1. The van der Waals surface area contributed by atoms with Crippen molar-refractivity contribution in [3.8, 4) is 0 Å². The Labute approximate surface area is 97.6 Å². The summed E-state index contributed by atoms with van der Waals surface area (Å²) in [7, 11) is 0. The molecule has 17 heavy (non-hydrogen) atoms. The Morgan fingerprint density at radius 1 is 1.35 bits per heavy atom. The molecule has 0 aliphatic heterocycles. The molecule has 0 heterocycles. The fourth-order valence-corrected chi connectivity index (χ4v) is 1.58. The number of benzene rings is 1. The van der Waals surface area contributed by atoms with Gasteiger partial charge in [0, 0.05) is 5.56 Å². The average Bonchev–Trinajstić information content (AvgIpc) is 2.24. The van der Waals surface area contributed by atoms with Crippen molar-refractivity contribution in [1.82, 2.24) is 0 Å². The van der Waals surface area contributed by atoms with Crippen molar-refractivity contribution in [2.45, 2.75) is 32.4 Å². The zero-order valence-corrected chi connectivity index (χ0v) is 9.47. The topological polar surface area (TPSA) is 43.1 Å². The molecule has 1 aromatic carbocycles. The van der Waals surface area contributed by atoms with Gasteiger partial charge in [0.15, 0.2) is 0 Å². The van der Waals surface area contributed by atoms with Crippen molar-refractivity contribution in [2.24, 2.45) is 5.73 Å². The zero-order valence-electron chi connectivity index (χ0n) is 9.47. The fraction of sp³-hybridized carbons (Fsp3) is 0.417. The Balaban J connectivity index is 3.14. The highest BCUT2D eigenvalue weighted by Crippen LogP contribution is 2.30. The monoisotopic (exact) mass is 245 g/mol. The lowest BCUT2D eigenvalue weighted by atomic mass is 9.98. The predicted molar refractivity (Wildman–Crippen MR) is 58.6 cm³/mol. The molecule has 0 aromatic heterocycles. The van der Waals surface area contributed by atoms with Crippen LogP contribution in [0.4, 0.5) is 13.2 Å². The van der Waals surface area contributed by atoms with E-state index in [1.807, 2.05) is 6.92 Å². The molecular formula is C12H14F3NO. The Kier molecular flexibility index (Phi) is 4.15. The molecule has 2 nitrogen and oxygen atoms in total. The van der Waals surface area contributed by atoms with Crippen molar-refractivity contribution in [3.05, 3.63) is 34.9 Å². The maximum absolute atomic E-state index is 12.5. The SMILES string of the molecule is CCCCc1cc(C(F)(F)F)ccc1C(N)=O. The van der Waals surface area contributed by atoms with Gasteiger partial charge in [0.1, 0.15) is 0 Å². The van der Waals surface area contributed by atoms with Crippen LogP contribution in [0.25, 0.3) is 0 Å². The first-order valence-corrected chi connectivity index (χ1v) is 5.36. The summed E-state index contributed by atoms with van der Waals surface area (Å²) >= 11 is 0. The van der Waals surface area contributed by atoms with Crippen LogP contribution < -0.4 is 5.73 Å². The van der Waals surface area contributed by atoms with Gasteiger partial charge in [-0.2, -0.15) is 13.2 Å². The van der Waals surface area contributed by atoms with E-state index in [9.17, 15) is 18.0 Å². The number of aryl methyl sites for hydroxylation is 1. The van der Waals surface area contributed by atoms with Crippen LogP contribution in [0.1, 0.15) is 41.3 Å². The summed E-state index contributed by atoms with van der Waals surface area (Å²) in [5, 5.41) is 0. The number of hydrogen-bond donors (Lipinski definition) is 1. The third-order valence-corrected chi connectivity index (χ3v) is 2.50. The summed E-state index contributed by atoms with van der Waals surface area (Å²) in [4.78, 5) is 11.1. The van der Waals surface area contributed by atoms with E-state index in [1.54, 1.807) is 0 Å². The maximum Gasteiger partial charge on any atom is 0.416 e. The molecule has 94 valence electrons. The summed E-state index contributed by atoms with van der Waals surface area (Å²) in [5.41, 5.74) is 4.93. The third kappa shape index (κ3) is 3.47. The normalized spacial score (nSPS) is 11.5. The summed E-state index contributed by atoms with van der Waals surface area (Å²) in [6, 6.07) is 3.04. The van der Waals surface area contributed by atoms with Crippen LogP contribution in [0.5, 0.6) is 0 Å². The molecule has 0 saturated carbocycles. The third-order valence-electron chi connectivity index (χ3n) is 2.50. The zero-order chi connectivity index (χ0) is 13.1. The molecule has 0 unspecified atom stereocenters. The fourth-order valence-electron chi connectivity index (χ4n) is 1.58. The minimum absolute atomic E-state index is 0.173. The van der Waals surface area contributed by atoms with E-state index in [0.717, 1.165) is 31.0 Å². The molecule has 2 N–H and O–H groups in total. The number of primary amides is 1. The molecule has 0 radical (unpaired) electrons. The largest absolute Gasteiger partial charge is 0.416 e. The van der Waals surface area contributed by atoms with Crippen LogP contribution in [0.3, 0.4) is 0 Å². The second-order valence-corrected chi connectivity index (χ2v) is 3.84.